The van der Waals surface area contributed by atoms with Gasteiger partial charge in [0, 0.05) is 26.2 Å². The van der Waals surface area contributed by atoms with Crippen molar-refractivity contribution in [3.63, 3.8) is 0 Å². The molecular weight excluding hydrogens is 377 g/mol. The Balaban J connectivity index is 1.39. The maximum absolute atomic E-state index is 13.9. The van der Waals surface area contributed by atoms with Gasteiger partial charge < -0.3 is 24.6 Å². The molecule has 2 aromatic rings. The molecule has 0 radical (unpaired) electrons. The van der Waals surface area contributed by atoms with Crippen LogP contribution in [0.3, 0.4) is 0 Å². The molecule has 0 bridgehead atoms. The van der Waals surface area contributed by atoms with Crippen molar-refractivity contribution in [1.29, 1.82) is 0 Å². The third-order valence-electron chi connectivity index (χ3n) is 4.67. The Hall–Kier alpha value is -3.29. The average molecular weight is 401 g/mol. The molecule has 3 rings (SSSR count). The summed E-state index contributed by atoms with van der Waals surface area (Å²) in [6, 6.07) is 13.6. The van der Waals surface area contributed by atoms with Gasteiger partial charge in [-0.2, -0.15) is 0 Å². The van der Waals surface area contributed by atoms with Gasteiger partial charge in [0.15, 0.2) is 0 Å². The number of anilines is 1. The summed E-state index contributed by atoms with van der Waals surface area (Å²) in [5.74, 6) is -0.158. The van der Waals surface area contributed by atoms with Crippen LogP contribution in [0.1, 0.15) is 0 Å². The number of carbonyl (C=O) groups is 2. The van der Waals surface area contributed by atoms with Crippen LogP contribution in [0.5, 0.6) is 11.5 Å². The van der Waals surface area contributed by atoms with Crippen molar-refractivity contribution in [2.45, 2.75) is 0 Å². The number of methoxy groups -OCH3 is 1. The fourth-order valence-electron chi connectivity index (χ4n) is 3.08. The van der Waals surface area contributed by atoms with Crippen LogP contribution in [-0.4, -0.2) is 63.2 Å². The van der Waals surface area contributed by atoms with Gasteiger partial charge in [0.2, 0.25) is 0 Å². The lowest BCUT2D eigenvalue weighted by atomic mass is 10.2. The highest BCUT2D eigenvalue weighted by Crippen LogP contribution is 2.20. The number of carbonyl (C=O) groups excluding carboxylic acids is 2. The second-order valence-electron chi connectivity index (χ2n) is 6.51. The Labute approximate surface area is 169 Å². The Bertz CT molecular complexity index is 836. The number of nitrogens with one attached hydrogen (secondary N) is 1. The second kappa shape index (κ2) is 9.77. The van der Waals surface area contributed by atoms with Crippen molar-refractivity contribution in [2.24, 2.45) is 0 Å². The number of nitrogens with zero attached hydrogens (tertiary/aromatic N) is 2. The van der Waals surface area contributed by atoms with Crippen molar-refractivity contribution in [3.8, 4) is 11.5 Å². The van der Waals surface area contributed by atoms with E-state index in [1.807, 2.05) is 4.90 Å². The summed E-state index contributed by atoms with van der Waals surface area (Å²) in [5.41, 5.74) is 0.514. The van der Waals surface area contributed by atoms with Gasteiger partial charge in [-0.15, -0.1) is 0 Å². The minimum Gasteiger partial charge on any atom is -0.497 e. The first-order valence-corrected chi connectivity index (χ1v) is 9.42. The molecule has 0 saturated carbocycles. The largest absolute Gasteiger partial charge is 0.497 e. The highest BCUT2D eigenvalue weighted by atomic mass is 19.1. The molecule has 0 spiro atoms. The van der Waals surface area contributed by atoms with E-state index in [1.165, 1.54) is 11.0 Å². The standard InChI is InChI=1S/C21H24FN3O4/c1-28-16-6-8-17(9-7-16)29-15-10-23-20(26)21(27)25-13-11-24(12-14-25)19-5-3-2-4-18(19)22/h2-9H,10-15H2,1H3,(H,23,26). The minimum absolute atomic E-state index is 0.214. The van der Waals surface area contributed by atoms with E-state index in [9.17, 15) is 14.0 Å². The van der Waals surface area contributed by atoms with Gasteiger partial charge in [0.05, 0.1) is 19.3 Å². The number of amides is 2. The third kappa shape index (κ3) is 5.37. The van der Waals surface area contributed by atoms with Crippen molar-refractivity contribution >= 4 is 17.5 Å². The lowest BCUT2D eigenvalue weighted by Gasteiger charge is -2.35. The minimum atomic E-state index is -0.664. The second-order valence-corrected chi connectivity index (χ2v) is 6.51. The monoisotopic (exact) mass is 401 g/mol. The van der Waals surface area contributed by atoms with Crippen LogP contribution in [0.4, 0.5) is 10.1 Å². The van der Waals surface area contributed by atoms with Crippen LogP contribution in [0.2, 0.25) is 0 Å². The fourth-order valence-corrected chi connectivity index (χ4v) is 3.08. The Morgan fingerprint density at radius 3 is 2.31 bits per heavy atom. The molecule has 154 valence electrons. The maximum atomic E-state index is 13.9. The van der Waals surface area contributed by atoms with Gasteiger partial charge in [-0.1, -0.05) is 12.1 Å². The van der Waals surface area contributed by atoms with Gasteiger partial charge in [-0.25, -0.2) is 4.39 Å². The summed E-state index contributed by atoms with van der Waals surface area (Å²) in [7, 11) is 1.59. The zero-order valence-corrected chi connectivity index (χ0v) is 16.3. The van der Waals surface area contributed by atoms with E-state index in [2.05, 4.69) is 5.32 Å². The topological polar surface area (TPSA) is 71.1 Å². The number of rotatable bonds is 6. The first-order valence-electron chi connectivity index (χ1n) is 9.42. The van der Waals surface area contributed by atoms with Crippen molar-refractivity contribution in [3.05, 3.63) is 54.3 Å². The van der Waals surface area contributed by atoms with Crippen molar-refractivity contribution < 1.29 is 23.5 Å². The molecule has 1 aliphatic heterocycles. The van der Waals surface area contributed by atoms with Crippen LogP contribution in [0, 0.1) is 5.82 Å². The molecule has 2 amide bonds. The molecule has 0 aliphatic carbocycles. The molecule has 0 aromatic heterocycles. The Kier molecular flexibility index (Phi) is 6.89. The van der Waals surface area contributed by atoms with Gasteiger partial charge in [-0.3, -0.25) is 9.59 Å². The molecule has 1 fully saturated rings. The third-order valence-corrected chi connectivity index (χ3v) is 4.67. The van der Waals surface area contributed by atoms with E-state index in [1.54, 1.807) is 49.6 Å². The van der Waals surface area contributed by atoms with Gasteiger partial charge in [-0.05, 0) is 36.4 Å². The maximum Gasteiger partial charge on any atom is 0.312 e. The number of piperazine rings is 1. The predicted octanol–water partition coefficient (Wildman–Crippen LogP) is 1.68. The van der Waals surface area contributed by atoms with Crippen molar-refractivity contribution in [2.75, 3.05) is 51.3 Å². The quantitative estimate of drug-likeness (QED) is 0.589. The highest BCUT2D eigenvalue weighted by molar-refractivity contribution is 6.35. The van der Waals surface area contributed by atoms with E-state index in [0.29, 0.717) is 37.6 Å². The normalized spacial score (nSPS) is 13.7. The van der Waals surface area contributed by atoms with E-state index in [-0.39, 0.29) is 19.0 Å². The molecule has 7 nitrogen and oxygen atoms in total. The number of ether oxygens (including phenoxy) is 2. The lowest BCUT2D eigenvalue weighted by Crippen LogP contribution is -2.53. The van der Waals surface area contributed by atoms with E-state index < -0.39 is 11.8 Å². The molecule has 0 unspecified atom stereocenters. The number of benzene rings is 2. The first-order chi connectivity index (χ1) is 14.1. The highest BCUT2D eigenvalue weighted by Gasteiger charge is 2.26. The molecule has 1 aliphatic rings. The zero-order valence-electron chi connectivity index (χ0n) is 16.3. The van der Waals surface area contributed by atoms with Gasteiger partial charge >= 0.3 is 11.8 Å². The lowest BCUT2D eigenvalue weighted by molar-refractivity contribution is -0.146. The number of hydrogen-bond acceptors (Lipinski definition) is 5. The molecule has 1 saturated heterocycles. The predicted molar refractivity (Wildman–Crippen MR) is 107 cm³/mol. The summed E-state index contributed by atoms with van der Waals surface area (Å²) < 4.78 is 24.5. The van der Waals surface area contributed by atoms with Crippen LogP contribution < -0.4 is 19.7 Å². The number of hydrogen-bond donors (Lipinski definition) is 1. The molecule has 0 atom stereocenters. The molecular formula is C21H24FN3O4. The summed E-state index contributed by atoms with van der Waals surface area (Å²) in [4.78, 5) is 27.8. The molecule has 8 heteroatoms. The smallest absolute Gasteiger partial charge is 0.312 e. The SMILES string of the molecule is COc1ccc(OCCNC(=O)C(=O)N2CCN(c3ccccc3F)CC2)cc1. The molecule has 1 heterocycles. The van der Waals surface area contributed by atoms with E-state index in [0.717, 1.165) is 5.75 Å². The van der Waals surface area contributed by atoms with Crippen molar-refractivity contribution in [1.82, 2.24) is 10.2 Å². The van der Waals surface area contributed by atoms with E-state index in [4.69, 9.17) is 9.47 Å². The number of para-hydroxylation sites is 1. The molecule has 1 N–H and O–H groups in total. The fraction of sp³-hybridized carbons (Fsp3) is 0.333. The van der Waals surface area contributed by atoms with E-state index >= 15 is 0 Å². The zero-order chi connectivity index (χ0) is 20.6. The summed E-state index contributed by atoms with van der Waals surface area (Å²) in [6.45, 7) is 2.13. The summed E-state index contributed by atoms with van der Waals surface area (Å²) in [6.07, 6.45) is 0. The molecule has 2 aromatic carbocycles. The average Bonchev–Trinajstić information content (AvgIpc) is 2.77. The van der Waals surface area contributed by atoms with Crippen LogP contribution in [-0.2, 0) is 9.59 Å². The van der Waals surface area contributed by atoms with Crippen LogP contribution in [0.25, 0.3) is 0 Å². The van der Waals surface area contributed by atoms with Gasteiger partial charge in [0.1, 0.15) is 23.9 Å². The number of halogens is 1. The molecule has 29 heavy (non-hydrogen) atoms. The Morgan fingerprint density at radius 2 is 1.66 bits per heavy atom. The first kappa shape index (κ1) is 20.4. The summed E-state index contributed by atoms with van der Waals surface area (Å²) in [5, 5.41) is 2.57. The Morgan fingerprint density at radius 1 is 1.00 bits per heavy atom. The van der Waals surface area contributed by atoms with Crippen LogP contribution >= 0.6 is 0 Å². The van der Waals surface area contributed by atoms with Gasteiger partial charge in [0.25, 0.3) is 0 Å². The van der Waals surface area contributed by atoms with Crippen LogP contribution in [0.15, 0.2) is 48.5 Å². The summed E-state index contributed by atoms with van der Waals surface area (Å²) >= 11 is 0.